The van der Waals surface area contributed by atoms with E-state index in [1.54, 1.807) is 13.8 Å². The molecule has 2 N–H and O–H groups in total. The molecule has 0 fully saturated rings. The average Bonchev–Trinajstić information content (AvgIpc) is 2.11. The number of allylic oxidation sites excluding steroid dienone is 1. The summed E-state index contributed by atoms with van der Waals surface area (Å²) >= 11 is 0. The van der Waals surface area contributed by atoms with E-state index in [1.165, 1.54) is 6.08 Å². The van der Waals surface area contributed by atoms with Crippen molar-refractivity contribution in [2.45, 2.75) is 77.7 Å². The Balaban J connectivity index is 4.35. The number of halogens is 3. The Hall–Kier alpha value is -0.550. The van der Waals surface area contributed by atoms with E-state index in [0.717, 1.165) is 25.8 Å². The van der Waals surface area contributed by atoms with Crippen LogP contribution < -0.4 is 0 Å². The summed E-state index contributed by atoms with van der Waals surface area (Å²) in [6.45, 7) is 8.14. The van der Waals surface area contributed by atoms with Gasteiger partial charge in [0.05, 0.1) is 5.60 Å². The highest BCUT2D eigenvalue weighted by Gasteiger charge is 2.47. The fourth-order valence-corrected chi connectivity index (χ4v) is 1.80. The first-order valence-electron chi connectivity index (χ1n) is 6.86. The Bertz CT molecular complexity index is 323. The molecule has 0 aliphatic rings. The summed E-state index contributed by atoms with van der Waals surface area (Å²) in [5, 5.41) is 18.9. The zero-order valence-corrected chi connectivity index (χ0v) is 13.0. The van der Waals surface area contributed by atoms with Gasteiger partial charge in [-0.3, -0.25) is 0 Å². The Morgan fingerprint density at radius 1 is 0.900 bits per heavy atom. The first kappa shape index (κ1) is 19.4. The molecule has 20 heavy (non-hydrogen) atoms. The van der Waals surface area contributed by atoms with Crippen molar-refractivity contribution in [1.29, 1.82) is 0 Å². The van der Waals surface area contributed by atoms with Crippen LogP contribution in [0.15, 0.2) is 12.2 Å². The van der Waals surface area contributed by atoms with Gasteiger partial charge in [-0.15, -0.1) is 0 Å². The molecule has 1 atom stereocenters. The standard InChI is InChI=1S/C15H27F3O2/c1-12(2,8-6-10-13(3,4)19)9-7-11-14(5,20)15(16,17)18/h7,11,19-20H,6,8-10H2,1-5H3/b11-7-. The van der Waals surface area contributed by atoms with Crippen LogP contribution in [0.5, 0.6) is 0 Å². The summed E-state index contributed by atoms with van der Waals surface area (Å²) in [4.78, 5) is 0. The van der Waals surface area contributed by atoms with Crippen LogP contribution in [0.1, 0.15) is 60.3 Å². The van der Waals surface area contributed by atoms with E-state index < -0.39 is 17.4 Å². The van der Waals surface area contributed by atoms with Gasteiger partial charge in [-0.2, -0.15) is 13.2 Å². The molecular weight excluding hydrogens is 269 g/mol. The predicted octanol–water partition coefficient (Wildman–Crippen LogP) is 4.21. The highest BCUT2D eigenvalue weighted by molar-refractivity contribution is 5.04. The lowest BCUT2D eigenvalue weighted by atomic mass is 9.82. The number of hydrogen-bond donors (Lipinski definition) is 2. The second kappa shape index (κ2) is 6.48. The average molecular weight is 296 g/mol. The predicted molar refractivity (Wildman–Crippen MR) is 74.4 cm³/mol. The van der Waals surface area contributed by atoms with Crippen molar-refractivity contribution >= 4 is 0 Å². The number of hydrogen-bond acceptors (Lipinski definition) is 2. The second-order valence-electron chi connectivity index (χ2n) is 7.08. The van der Waals surface area contributed by atoms with Gasteiger partial charge in [-0.1, -0.05) is 26.3 Å². The number of alkyl halides is 3. The molecule has 0 saturated heterocycles. The molecule has 0 rings (SSSR count). The van der Waals surface area contributed by atoms with Crippen molar-refractivity contribution in [2.75, 3.05) is 0 Å². The van der Waals surface area contributed by atoms with E-state index in [2.05, 4.69) is 0 Å². The van der Waals surface area contributed by atoms with E-state index in [-0.39, 0.29) is 5.41 Å². The maximum atomic E-state index is 12.5. The molecule has 0 saturated carbocycles. The minimum Gasteiger partial charge on any atom is -0.390 e. The van der Waals surface area contributed by atoms with Crippen molar-refractivity contribution in [2.24, 2.45) is 5.41 Å². The molecule has 0 aromatic heterocycles. The second-order valence-corrected chi connectivity index (χ2v) is 7.08. The maximum Gasteiger partial charge on any atom is 0.420 e. The van der Waals surface area contributed by atoms with Gasteiger partial charge in [0, 0.05) is 0 Å². The third-order valence-corrected chi connectivity index (χ3v) is 3.33. The van der Waals surface area contributed by atoms with Crippen LogP contribution in [-0.4, -0.2) is 27.6 Å². The van der Waals surface area contributed by atoms with Crippen LogP contribution >= 0.6 is 0 Å². The molecule has 0 aromatic carbocycles. The molecule has 0 radical (unpaired) electrons. The normalized spacial score (nSPS) is 17.5. The van der Waals surface area contributed by atoms with Gasteiger partial charge in [0.25, 0.3) is 0 Å². The lowest BCUT2D eigenvalue weighted by Crippen LogP contribution is -2.40. The minimum atomic E-state index is -4.66. The summed E-state index contributed by atoms with van der Waals surface area (Å²) in [6.07, 6.45) is 0.248. The van der Waals surface area contributed by atoms with Gasteiger partial charge in [-0.25, -0.2) is 0 Å². The topological polar surface area (TPSA) is 40.5 Å². The SMILES string of the molecule is CC(C)(O)CCCC(C)(C)C/C=C\C(C)(O)C(F)(F)F. The summed E-state index contributed by atoms with van der Waals surface area (Å²) in [6, 6.07) is 0. The van der Waals surface area contributed by atoms with Crippen molar-refractivity contribution in [3.8, 4) is 0 Å². The Morgan fingerprint density at radius 3 is 1.80 bits per heavy atom. The van der Waals surface area contributed by atoms with E-state index in [1.807, 2.05) is 13.8 Å². The molecular formula is C15H27F3O2. The maximum absolute atomic E-state index is 12.5. The fourth-order valence-electron chi connectivity index (χ4n) is 1.80. The largest absolute Gasteiger partial charge is 0.420 e. The van der Waals surface area contributed by atoms with Gasteiger partial charge in [0.15, 0.2) is 5.60 Å². The molecule has 5 heteroatoms. The third kappa shape index (κ3) is 7.90. The van der Waals surface area contributed by atoms with Gasteiger partial charge < -0.3 is 10.2 Å². The lowest BCUT2D eigenvalue weighted by Gasteiger charge is -2.26. The van der Waals surface area contributed by atoms with E-state index >= 15 is 0 Å². The zero-order valence-electron chi connectivity index (χ0n) is 13.0. The molecule has 0 aliphatic carbocycles. The summed E-state index contributed by atoms with van der Waals surface area (Å²) in [5.41, 5.74) is -3.66. The fraction of sp³-hybridized carbons (Fsp3) is 0.867. The van der Waals surface area contributed by atoms with Crippen molar-refractivity contribution in [3.63, 3.8) is 0 Å². The van der Waals surface area contributed by atoms with Gasteiger partial charge >= 0.3 is 6.18 Å². The Morgan fingerprint density at radius 2 is 1.40 bits per heavy atom. The molecule has 0 aliphatic heterocycles. The summed E-state index contributed by atoms with van der Waals surface area (Å²) in [7, 11) is 0. The van der Waals surface area contributed by atoms with Gasteiger partial charge in [0.2, 0.25) is 0 Å². The molecule has 120 valence electrons. The quantitative estimate of drug-likeness (QED) is 0.691. The van der Waals surface area contributed by atoms with Crippen LogP contribution in [0, 0.1) is 5.41 Å². The number of rotatable bonds is 7. The first-order valence-corrected chi connectivity index (χ1v) is 6.86. The van der Waals surface area contributed by atoms with Crippen LogP contribution in [0.3, 0.4) is 0 Å². The van der Waals surface area contributed by atoms with Crippen molar-refractivity contribution in [1.82, 2.24) is 0 Å². The molecule has 0 heterocycles. The monoisotopic (exact) mass is 296 g/mol. The Labute approximate surface area is 119 Å². The molecule has 0 aromatic rings. The van der Waals surface area contributed by atoms with E-state index in [9.17, 15) is 23.4 Å². The third-order valence-electron chi connectivity index (χ3n) is 3.33. The van der Waals surface area contributed by atoms with Gasteiger partial charge in [0.1, 0.15) is 0 Å². The minimum absolute atomic E-state index is 0.163. The molecule has 2 nitrogen and oxygen atoms in total. The zero-order chi connectivity index (χ0) is 16.2. The van der Waals surface area contributed by atoms with Crippen LogP contribution in [-0.2, 0) is 0 Å². The lowest BCUT2D eigenvalue weighted by molar-refractivity contribution is -0.232. The highest BCUT2D eigenvalue weighted by atomic mass is 19.4. The molecule has 0 amide bonds. The Kier molecular flexibility index (Phi) is 6.30. The molecule has 0 bridgehead atoms. The van der Waals surface area contributed by atoms with Crippen LogP contribution in [0.25, 0.3) is 0 Å². The molecule has 1 unspecified atom stereocenters. The summed E-state index contributed by atoms with van der Waals surface area (Å²) in [5.74, 6) is 0. The number of aliphatic hydroxyl groups is 2. The van der Waals surface area contributed by atoms with Crippen molar-refractivity contribution in [3.05, 3.63) is 12.2 Å². The highest BCUT2D eigenvalue weighted by Crippen LogP contribution is 2.33. The molecule has 0 spiro atoms. The van der Waals surface area contributed by atoms with E-state index in [4.69, 9.17) is 0 Å². The van der Waals surface area contributed by atoms with E-state index in [0.29, 0.717) is 12.8 Å². The first-order chi connectivity index (χ1) is 8.66. The van der Waals surface area contributed by atoms with Crippen LogP contribution in [0.2, 0.25) is 0 Å². The van der Waals surface area contributed by atoms with Crippen molar-refractivity contribution < 1.29 is 23.4 Å². The summed E-state index contributed by atoms with van der Waals surface area (Å²) < 4.78 is 37.4. The van der Waals surface area contributed by atoms with Crippen LogP contribution in [0.4, 0.5) is 13.2 Å². The smallest absolute Gasteiger partial charge is 0.390 e. The van der Waals surface area contributed by atoms with Gasteiger partial charge in [-0.05, 0) is 51.5 Å².